The van der Waals surface area contributed by atoms with E-state index in [-0.39, 0.29) is 17.9 Å². The molecule has 0 spiro atoms. The molecule has 0 radical (unpaired) electrons. The Kier molecular flexibility index (Phi) is 4.42. The number of tetrazole rings is 1. The number of fused-ring (bicyclic) bond motifs is 5. The first kappa shape index (κ1) is 18.7. The van der Waals surface area contributed by atoms with Gasteiger partial charge in [0.2, 0.25) is 0 Å². The molecule has 0 saturated heterocycles. The van der Waals surface area contributed by atoms with Gasteiger partial charge in [-0.2, -0.15) is 4.80 Å². The fourth-order valence-electron chi connectivity index (χ4n) is 8.12. The molecule has 4 aliphatic rings. The topological polar surface area (TPSA) is 80.9 Å². The summed E-state index contributed by atoms with van der Waals surface area (Å²) in [4.78, 5) is 14.5. The molecule has 0 unspecified atom stereocenters. The van der Waals surface area contributed by atoms with E-state index in [1.807, 2.05) is 6.92 Å². The Morgan fingerprint density at radius 1 is 1.07 bits per heavy atom. The van der Waals surface area contributed by atoms with Crippen LogP contribution < -0.4 is 0 Å². The molecule has 4 aliphatic carbocycles. The molecule has 5 rings (SSSR count). The molecule has 154 valence electrons. The van der Waals surface area contributed by atoms with Crippen molar-refractivity contribution in [3.63, 3.8) is 0 Å². The highest BCUT2D eigenvalue weighted by Crippen LogP contribution is 2.64. The molecule has 4 fully saturated rings. The van der Waals surface area contributed by atoms with Crippen LogP contribution >= 0.6 is 0 Å². The SMILES string of the molecule is C[C@@]1(O)CC[C@H]2[C@@H](CC[C@@H]3[C@@H]2CC[C@]2(C)[C@@H](C(=O)Cn4ncnn4)CC[C@@H]32)C1. The summed E-state index contributed by atoms with van der Waals surface area (Å²) in [5.74, 6) is 4.25. The lowest BCUT2D eigenvalue weighted by molar-refractivity contribution is -0.133. The highest BCUT2D eigenvalue weighted by atomic mass is 16.3. The third-order valence-corrected chi connectivity index (χ3v) is 9.31. The maximum atomic E-state index is 13.1. The van der Waals surface area contributed by atoms with Gasteiger partial charge in [0.05, 0.1) is 5.60 Å². The van der Waals surface area contributed by atoms with Crippen LogP contribution in [-0.2, 0) is 11.3 Å². The molecular weight excluding hydrogens is 352 g/mol. The Bertz CT molecular complexity index is 733. The molecule has 1 N–H and O–H groups in total. The van der Waals surface area contributed by atoms with E-state index in [0.29, 0.717) is 17.6 Å². The van der Waals surface area contributed by atoms with E-state index in [9.17, 15) is 9.90 Å². The summed E-state index contributed by atoms with van der Waals surface area (Å²) in [6, 6.07) is 0. The lowest BCUT2D eigenvalue weighted by atomic mass is 9.49. The van der Waals surface area contributed by atoms with Gasteiger partial charge in [0.15, 0.2) is 12.1 Å². The van der Waals surface area contributed by atoms with Crippen LogP contribution in [0.4, 0.5) is 0 Å². The van der Waals surface area contributed by atoms with Gasteiger partial charge in [-0.1, -0.05) is 6.92 Å². The predicted molar refractivity (Wildman–Crippen MR) is 104 cm³/mol. The smallest absolute Gasteiger partial charge is 0.162 e. The summed E-state index contributed by atoms with van der Waals surface area (Å²) < 4.78 is 0. The number of Topliss-reactive ketones (excluding diaryl/α,β-unsaturated/α-hetero) is 1. The Morgan fingerprint density at radius 2 is 1.89 bits per heavy atom. The zero-order chi connectivity index (χ0) is 19.5. The standard InChI is InChI=1S/C22H34N4O2/c1-21(28)9-7-15-14(11-21)3-4-17-16(15)8-10-22(2)18(17)5-6-19(22)20(27)12-26-24-13-23-25-26/h13-19,28H,3-12H2,1-2H3/t14-,15-,16+,17+,18-,19+,21+,22-/m0/s1. The largest absolute Gasteiger partial charge is 0.390 e. The second-order valence-electron chi connectivity index (χ2n) is 10.8. The van der Waals surface area contributed by atoms with E-state index in [4.69, 9.17) is 0 Å². The number of ketones is 1. The molecule has 4 saturated carbocycles. The molecule has 8 atom stereocenters. The Balaban J connectivity index is 1.32. The van der Waals surface area contributed by atoms with Gasteiger partial charge in [-0.3, -0.25) is 4.79 Å². The number of aliphatic hydroxyl groups is 1. The van der Waals surface area contributed by atoms with Gasteiger partial charge < -0.3 is 5.11 Å². The van der Waals surface area contributed by atoms with Gasteiger partial charge in [0.1, 0.15) is 6.54 Å². The first-order chi connectivity index (χ1) is 13.4. The van der Waals surface area contributed by atoms with Gasteiger partial charge in [-0.15, -0.1) is 10.2 Å². The average molecular weight is 387 g/mol. The third kappa shape index (κ3) is 2.94. The lowest BCUT2D eigenvalue weighted by Gasteiger charge is -2.56. The predicted octanol–water partition coefficient (Wildman–Crippen LogP) is 3.26. The fourth-order valence-corrected chi connectivity index (χ4v) is 8.12. The van der Waals surface area contributed by atoms with Gasteiger partial charge in [0, 0.05) is 5.92 Å². The number of hydrogen-bond donors (Lipinski definition) is 1. The van der Waals surface area contributed by atoms with Crippen molar-refractivity contribution in [2.75, 3.05) is 0 Å². The highest BCUT2D eigenvalue weighted by molar-refractivity contribution is 5.81. The van der Waals surface area contributed by atoms with Crippen molar-refractivity contribution in [1.82, 2.24) is 20.2 Å². The van der Waals surface area contributed by atoms with Crippen LogP contribution in [0.1, 0.15) is 71.6 Å². The number of rotatable bonds is 3. The first-order valence-electron chi connectivity index (χ1n) is 11.3. The van der Waals surface area contributed by atoms with Crippen LogP contribution in [0.2, 0.25) is 0 Å². The molecule has 1 heterocycles. The van der Waals surface area contributed by atoms with Crippen molar-refractivity contribution in [3.8, 4) is 0 Å². The molecule has 0 bridgehead atoms. The summed E-state index contributed by atoms with van der Waals surface area (Å²) >= 11 is 0. The van der Waals surface area contributed by atoms with Crippen molar-refractivity contribution in [2.45, 2.75) is 83.8 Å². The second-order valence-corrected chi connectivity index (χ2v) is 10.8. The Hall–Kier alpha value is -1.30. The van der Waals surface area contributed by atoms with E-state index in [1.54, 1.807) is 0 Å². The zero-order valence-electron chi connectivity index (χ0n) is 17.3. The van der Waals surface area contributed by atoms with Crippen molar-refractivity contribution >= 4 is 5.78 Å². The minimum atomic E-state index is -0.447. The van der Waals surface area contributed by atoms with Gasteiger partial charge in [0.25, 0.3) is 0 Å². The minimum absolute atomic E-state index is 0.145. The van der Waals surface area contributed by atoms with Crippen molar-refractivity contribution < 1.29 is 9.90 Å². The van der Waals surface area contributed by atoms with E-state index < -0.39 is 5.60 Å². The van der Waals surface area contributed by atoms with Crippen LogP contribution in [-0.4, -0.2) is 36.7 Å². The number of carbonyl (C=O) groups is 1. The molecular formula is C22H34N4O2. The summed E-state index contributed by atoms with van der Waals surface area (Å²) in [6.07, 6.45) is 11.8. The van der Waals surface area contributed by atoms with E-state index >= 15 is 0 Å². The number of carbonyl (C=O) groups excluding carboxylic acids is 1. The third-order valence-electron chi connectivity index (χ3n) is 9.31. The maximum absolute atomic E-state index is 13.1. The second kappa shape index (κ2) is 6.61. The van der Waals surface area contributed by atoms with Gasteiger partial charge >= 0.3 is 0 Å². The minimum Gasteiger partial charge on any atom is -0.390 e. The van der Waals surface area contributed by atoms with E-state index in [0.717, 1.165) is 37.0 Å². The maximum Gasteiger partial charge on any atom is 0.162 e. The highest BCUT2D eigenvalue weighted by Gasteiger charge is 2.58. The normalized spacial score (nSPS) is 47.8. The summed E-state index contributed by atoms with van der Waals surface area (Å²) in [5, 5.41) is 22.2. The fraction of sp³-hybridized carbons (Fsp3) is 0.909. The van der Waals surface area contributed by atoms with Crippen molar-refractivity contribution in [2.24, 2.45) is 40.9 Å². The molecule has 0 aliphatic heterocycles. The quantitative estimate of drug-likeness (QED) is 0.862. The van der Waals surface area contributed by atoms with Crippen LogP contribution in [0.5, 0.6) is 0 Å². The molecule has 1 aromatic heterocycles. The first-order valence-corrected chi connectivity index (χ1v) is 11.3. The van der Waals surface area contributed by atoms with Crippen molar-refractivity contribution in [3.05, 3.63) is 6.33 Å². The van der Waals surface area contributed by atoms with Crippen LogP contribution in [0.3, 0.4) is 0 Å². The molecule has 6 nitrogen and oxygen atoms in total. The zero-order valence-corrected chi connectivity index (χ0v) is 17.3. The van der Waals surface area contributed by atoms with Crippen LogP contribution in [0, 0.1) is 40.9 Å². The average Bonchev–Trinajstić information content (AvgIpc) is 3.27. The number of nitrogens with zero attached hydrogens (tertiary/aromatic N) is 4. The Labute approximate surface area is 167 Å². The molecule has 1 aromatic rings. The number of hydrogen-bond acceptors (Lipinski definition) is 5. The lowest BCUT2D eigenvalue weighted by Crippen LogP contribution is -2.51. The molecule has 28 heavy (non-hydrogen) atoms. The van der Waals surface area contributed by atoms with Gasteiger partial charge in [-0.25, -0.2) is 0 Å². The van der Waals surface area contributed by atoms with Crippen molar-refractivity contribution in [1.29, 1.82) is 0 Å². The molecule has 0 amide bonds. The van der Waals surface area contributed by atoms with Crippen LogP contribution in [0.15, 0.2) is 6.33 Å². The molecule has 6 heteroatoms. The van der Waals surface area contributed by atoms with E-state index in [1.165, 1.54) is 49.6 Å². The summed E-state index contributed by atoms with van der Waals surface area (Å²) in [7, 11) is 0. The summed E-state index contributed by atoms with van der Waals surface area (Å²) in [5.41, 5.74) is -0.302. The van der Waals surface area contributed by atoms with Gasteiger partial charge in [-0.05, 0) is 105 Å². The number of aromatic nitrogens is 4. The molecule has 0 aromatic carbocycles. The monoisotopic (exact) mass is 386 g/mol. The van der Waals surface area contributed by atoms with Crippen LogP contribution in [0.25, 0.3) is 0 Å². The summed E-state index contributed by atoms with van der Waals surface area (Å²) in [6.45, 7) is 4.70. The Morgan fingerprint density at radius 3 is 2.68 bits per heavy atom. The van der Waals surface area contributed by atoms with E-state index in [2.05, 4.69) is 22.3 Å².